The average molecular weight is 492 g/mol. The third-order valence-corrected chi connectivity index (χ3v) is 6.84. The summed E-state index contributed by atoms with van der Waals surface area (Å²) in [5.74, 6) is 0.945. The second-order valence-corrected chi connectivity index (χ2v) is 8.25. The second kappa shape index (κ2) is 10.2. The molecule has 148 valence electrons. The van der Waals surface area contributed by atoms with E-state index in [0.717, 1.165) is 44.9 Å². The van der Waals surface area contributed by atoms with Gasteiger partial charge in [0.05, 0.1) is 11.1 Å². The highest BCUT2D eigenvalue weighted by atomic mass is 127. The third-order valence-electron chi connectivity index (χ3n) is 5.64. The number of aryl methyl sites for hydroxylation is 1. The molecule has 2 saturated carbocycles. The molecular weight excluding hydrogens is 459 g/mol. The van der Waals surface area contributed by atoms with Crippen LogP contribution in [0.3, 0.4) is 0 Å². The fraction of sp³-hybridized carbons (Fsp3) is 0.789. The molecule has 26 heavy (non-hydrogen) atoms. The molecule has 1 heterocycles. The lowest BCUT2D eigenvalue weighted by Crippen LogP contribution is -2.68. The number of rotatable bonds is 8. The van der Waals surface area contributed by atoms with Crippen molar-refractivity contribution in [3.8, 4) is 0 Å². The number of aromatic nitrogens is 1. The van der Waals surface area contributed by atoms with E-state index < -0.39 is 0 Å². The van der Waals surface area contributed by atoms with Crippen molar-refractivity contribution in [3.05, 3.63) is 16.1 Å². The van der Waals surface area contributed by atoms with Crippen LogP contribution in [0.2, 0.25) is 0 Å². The zero-order valence-corrected chi connectivity index (χ0v) is 19.4. The Labute approximate surface area is 178 Å². The van der Waals surface area contributed by atoms with Crippen LogP contribution >= 0.6 is 35.3 Å². The molecule has 0 amide bonds. The highest BCUT2D eigenvalue weighted by molar-refractivity contribution is 14.0. The van der Waals surface area contributed by atoms with Gasteiger partial charge in [0.2, 0.25) is 0 Å². The van der Waals surface area contributed by atoms with E-state index in [1.165, 1.54) is 29.1 Å². The van der Waals surface area contributed by atoms with Gasteiger partial charge in [-0.15, -0.1) is 35.3 Å². The quantitative estimate of drug-likeness (QED) is 0.330. The summed E-state index contributed by atoms with van der Waals surface area (Å²) in [5, 5.41) is 8.27. The lowest BCUT2D eigenvalue weighted by atomic mass is 9.51. The van der Waals surface area contributed by atoms with Gasteiger partial charge in [-0.25, -0.2) is 4.98 Å². The lowest BCUT2D eigenvalue weighted by molar-refractivity contribution is -0.168. The molecule has 0 aromatic carbocycles. The van der Waals surface area contributed by atoms with Crippen LogP contribution in [0, 0.1) is 5.41 Å². The zero-order valence-electron chi connectivity index (χ0n) is 16.2. The molecule has 7 heteroatoms. The summed E-state index contributed by atoms with van der Waals surface area (Å²) in [6, 6.07) is 0.502. The molecule has 2 aliphatic carbocycles. The average Bonchev–Trinajstić information content (AvgIpc) is 3.00. The van der Waals surface area contributed by atoms with Crippen LogP contribution in [-0.4, -0.2) is 42.8 Å². The van der Waals surface area contributed by atoms with E-state index in [0.29, 0.717) is 17.6 Å². The van der Waals surface area contributed by atoms with Gasteiger partial charge in [0, 0.05) is 48.6 Å². The normalized spacial score (nSPS) is 23.7. The monoisotopic (exact) mass is 492 g/mol. The van der Waals surface area contributed by atoms with Crippen molar-refractivity contribution < 1.29 is 4.74 Å². The summed E-state index contributed by atoms with van der Waals surface area (Å²) in [6.07, 6.45) is 9.42. The molecule has 1 aromatic rings. The Bertz CT molecular complexity index is 588. The van der Waals surface area contributed by atoms with Gasteiger partial charge >= 0.3 is 0 Å². The first-order valence-corrected chi connectivity index (χ1v) is 10.6. The second-order valence-electron chi connectivity index (χ2n) is 7.05. The predicted molar refractivity (Wildman–Crippen MR) is 120 cm³/mol. The first kappa shape index (κ1) is 21.9. The topological polar surface area (TPSA) is 58.5 Å². The molecule has 0 saturated heterocycles. The van der Waals surface area contributed by atoms with Gasteiger partial charge in [-0.2, -0.15) is 0 Å². The molecule has 2 fully saturated rings. The van der Waals surface area contributed by atoms with Crippen LogP contribution in [0.1, 0.15) is 56.3 Å². The molecule has 0 aliphatic heterocycles. The molecule has 5 nitrogen and oxygen atoms in total. The van der Waals surface area contributed by atoms with Crippen molar-refractivity contribution in [2.45, 2.75) is 71.4 Å². The van der Waals surface area contributed by atoms with E-state index in [9.17, 15) is 0 Å². The number of nitrogens with zero attached hydrogens (tertiary/aromatic N) is 2. The van der Waals surface area contributed by atoms with Crippen LogP contribution in [0.5, 0.6) is 0 Å². The van der Waals surface area contributed by atoms with Gasteiger partial charge < -0.3 is 15.4 Å². The smallest absolute Gasteiger partial charge is 0.191 e. The minimum absolute atomic E-state index is 0. The minimum atomic E-state index is 0. The van der Waals surface area contributed by atoms with Gasteiger partial charge in [-0.3, -0.25) is 4.99 Å². The van der Waals surface area contributed by atoms with Gasteiger partial charge in [-0.1, -0.05) is 13.3 Å². The first-order chi connectivity index (χ1) is 12.2. The standard InChI is InChI=1S/C19H32N4OS.HI/c1-4-14-13-22-17(25-14)8-11-21-18(20-5-2)23-15-12-16(24-6-3)19(15)9-7-10-19;/h13,15-16H,4-12H2,1-3H3,(H2,20,21,23);1H. The lowest BCUT2D eigenvalue weighted by Gasteiger charge is -2.61. The van der Waals surface area contributed by atoms with E-state index in [-0.39, 0.29) is 24.0 Å². The fourth-order valence-corrected chi connectivity index (χ4v) is 4.87. The molecule has 2 N–H and O–H groups in total. The first-order valence-electron chi connectivity index (χ1n) is 9.81. The van der Waals surface area contributed by atoms with Crippen molar-refractivity contribution in [2.24, 2.45) is 10.4 Å². The van der Waals surface area contributed by atoms with Crippen molar-refractivity contribution >= 4 is 41.3 Å². The zero-order chi connectivity index (χ0) is 17.7. The van der Waals surface area contributed by atoms with Crippen molar-refractivity contribution in [1.82, 2.24) is 15.6 Å². The highest BCUT2D eigenvalue weighted by Gasteiger charge is 2.59. The number of thiazole rings is 1. The number of aliphatic imine (C=N–C) groups is 1. The van der Waals surface area contributed by atoms with E-state index in [4.69, 9.17) is 9.73 Å². The van der Waals surface area contributed by atoms with Crippen LogP contribution in [0.25, 0.3) is 0 Å². The molecular formula is C19H33IN4OS. The summed E-state index contributed by atoms with van der Waals surface area (Å²) in [7, 11) is 0. The summed E-state index contributed by atoms with van der Waals surface area (Å²) in [5.41, 5.74) is 0.359. The number of nitrogens with one attached hydrogen (secondary N) is 2. The molecule has 2 aliphatic rings. The van der Waals surface area contributed by atoms with Crippen LogP contribution < -0.4 is 10.6 Å². The number of guanidine groups is 1. The van der Waals surface area contributed by atoms with Gasteiger partial charge in [0.1, 0.15) is 0 Å². The minimum Gasteiger partial charge on any atom is -0.378 e. The molecule has 0 bridgehead atoms. The Morgan fingerprint density at radius 3 is 2.77 bits per heavy atom. The predicted octanol–water partition coefficient (Wildman–Crippen LogP) is 3.77. The van der Waals surface area contributed by atoms with Crippen molar-refractivity contribution in [2.75, 3.05) is 19.7 Å². The van der Waals surface area contributed by atoms with E-state index in [2.05, 4.69) is 36.4 Å². The molecule has 2 atom stereocenters. The van der Waals surface area contributed by atoms with E-state index in [1.54, 1.807) is 0 Å². The van der Waals surface area contributed by atoms with Crippen LogP contribution in [0.4, 0.5) is 0 Å². The summed E-state index contributed by atoms with van der Waals surface area (Å²) < 4.78 is 5.95. The van der Waals surface area contributed by atoms with E-state index >= 15 is 0 Å². The van der Waals surface area contributed by atoms with Gasteiger partial charge in [0.15, 0.2) is 5.96 Å². The maximum Gasteiger partial charge on any atom is 0.191 e. The number of hydrogen-bond acceptors (Lipinski definition) is 4. The summed E-state index contributed by atoms with van der Waals surface area (Å²) >= 11 is 1.81. The van der Waals surface area contributed by atoms with Crippen LogP contribution in [-0.2, 0) is 17.6 Å². The molecule has 0 radical (unpaired) electrons. The van der Waals surface area contributed by atoms with Gasteiger partial charge in [-0.05, 0) is 39.5 Å². The Kier molecular flexibility index (Phi) is 8.60. The Morgan fingerprint density at radius 2 is 2.19 bits per heavy atom. The number of ether oxygens (including phenoxy) is 1. The Morgan fingerprint density at radius 1 is 1.38 bits per heavy atom. The highest BCUT2D eigenvalue weighted by Crippen LogP contribution is 2.57. The maximum atomic E-state index is 5.95. The molecule has 1 aromatic heterocycles. The largest absolute Gasteiger partial charge is 0.378 e. The maximum absolute atomic E-state index is 5.95. The van der Waals surface area contributed by atoms with Crippen molar-refractivity contribution in [1.29, 1.82) is 0 Å². The molecule has 1 spiro atoms. The van der Waals surface area contributed by atoms with Crippen LogP contribution in [0.15, 0.2) is 11.2 Å². The van der Waals surface area contributed by atoms with Crippen molar-refractivity contribution in [3.63, 3.8) is 0 Å². The molecule has 3 rings (SSSR count). The number of hydrogen-bond donors (Lipinski definition) is 2. The van der Waals surface area contributed by atoms with E-state index in [1.807, 2.05) is 17.5 Å². The number of halogens is 1. The van der Waals surface area contributed by atoms with Gasteiger partial charge in [0.25, 0.3) is 0 Å². The summed E-state index contributed by atoms with van der Waals surface area (Å²) in [6.45, 7) is 8.88. The Hall–Kier alpha value is -0.410. The SMILES string of the molecule is CCNC(=NCCc1ncc(CC)s1)NC1CC(OCC)C12CCC2.I. The third kappa shape index (κ3) is 4.70. The summed E-state index contributed by atoms with van der Waals surface area (Å²) in [4.78, 5) is 10.6. The Balaban J connectivity index is 0.00000243. The fourth-order valence-electron chi connectivity index (χ4n) is 4.02. The molecule has 2 unspecified atom stereocenters.